The summed E-state index contributed by atoms with van der Waals surface area (Å²) in [6, 6.07) is 0. The summed E-state index contributed by atoms with van der Waals surface area (Å²) in [5, 5.41) is 0. The first-order valence-corrected chi connectivity index (χ1v) is 11.6. The van der Waals surface area contributed by atoms with E-state index in [1.165, 1.54) is 0 Å². The van der Waals surface area contributed by atoms with Crippen LogP contribution in [-0.2, 0) is 9.53 Å². The number of carbonyl (C=O) groups excluding carboxylic acids is 1. The third kappa shape index (κ3) is 3.79. The number of nitrogens with zero attached hydrogens (tertiary/aromatic N) is 1. The molecule has 0 aromatic heterocycles. The molecule has 1 atom stereocenters. The maximum Gasteiger partial charge on any atom is 0.336 e. The highest BCUT2D eigenvalue weighted by Crippen LogP contribution is 2.46. The molecule has 0 aromatic carbocycles. The Morgan fingerprint density at radius 1 is 1.08 bits per heavy atom. The smallest absolute Gasteiger partial charge is 0.336 e. The number of rotatable bonds is 7. The first-order valence-electron chi connectivity index (χ1n) is 9.46. The van der Waals surface area contributed by atoms with E-state index in [4.69, 9.17) is 4.74 Å². The van der Waals surface area contributed by atoms with Gasteiger partial charge in [-0.15, -0.1) is 0 Å². The molecule has 0 amide bonds. The van der Waals surface area contributed by atoms with Crippen molar-refractivity contribution in [3.05, 3.63) is 24.0 Å². The molecule has 1 aliphatic rings. The van der Waals surface area contributed by atoms with E-state index in [0.29, 0.717) is 29.1 Å². The van der Waals surface area contributed by atoms with Gasteiger partial charge in [-0.25, -0.2) is 4.79 Å². The SMILES string of the molecule is CCOC(=O)C1=CN([Si](C(C)C)(C(C)C)C(C)C)C=CC1C(C)C. The van der Waals surface area contributed by atoms with Crippen LogP contribution in [0.15, 0.2) is 24.0 Å². The molecule has 0 aliphatic carbocycles. The van der Waals surface area contributed by atoms with Crippen molar-refractivity contribution in [1.29, 1.82) is 0 Å². The van der Waals surface area contributed by atoms with E-state index in [1.54, 1.807) is 0 Å². The Bertz CT molecular complexity index is 470. The van der Waals surface area contributed by atoms with Gasteiger partial charge in [0.05, 0.1) is 12.2 Å². The van der Waals surface area contributed by atoms with Crippen molar-refractivity contribution in [3.8, 4) is 0 Å². The van der Waals surface area contributed by atoms with Gasteiger partial charge in [-0.3, -0.25) is 0 Å². The van der Waals surface area contributed by atoms with Crippen LogP contribution in [-0.4, -0.2) is 25.4 Å². The lowest BCUT2D eigenvalue weighted by Gasteiger charge is -2.50. The molecule has 0 saturated carbocycles. The van der Waals surface area contributed by atoms with Crippen molar-refractivity contribution in [3.63, 3.8) is 0 Å². The van der Waals surface area contributed by atoms with Crippen LogP contribution in [0.5, 0.6) is 0 Å². The topological polar surface area (TPSA) is 29.5 Å². The molecule has 0 fully saturated rings. The van der Waals surface area contributed by atoms with E-state index in [2.05, 4.69) is 78.4 Å². The lowest BCUT2D eigenvalue weighted by Crippen LogP contribution is -2.56. The zero-order valence-electron chi connectivity index (χ0n) is 17.1. The minimum absolute atomic E-state index is 0.137. The maximum absolute atomic E-state index is 12.6. The van der Waals surface area contributed by atoms with Gasteiger partial charge in [0.25, 0.3) is 0 Å². The summed E-state index contributed by atoms with van der Waals surface area (Å²) in [6.45, 7) is 20.7. The highest BCUT2D eigenvalue weighted by Gasteiger charge is 2.48. The quantitative estimate of drug-likeness (QED) is 0.434. The Morgan fingerprint density at radius 3 is 1.96 bits per heavy atom. The second-order valence-corrected chi connectivity index (χ2v) is 13.9. The molecule has 1 unspecified atom stereocenters. The van der Waals surface area contributed by atoms with Gasteiger partial charge in [-0.1, -0.05) is 61.5 Å². The molecule has 0 bridgehead atoms. The van der Waals surface area contributed by atoms with Gasteiger partial charge in [-0.2, -0.15) is 0 Å². The Hall–Kier alpha value is -1.03. The predicted octanol–water partition coefficient (Wildman–Crippen LogP) is 5.71. The molecular weight excluding hydrogens is 314 g/mol. The van der Waals surface area contributed by atoms with Crippen LogP contribution in [0.4, 0.5) is 0 Å². The molecule has 1 heterocycles. The van der Waals surface area contributed by atoms with Gasteiger partial charge in [0.2, 0.25) is 0 Å². The predicted molar refractivity (Wildman–Crippen MR) is 105 cm³/mol. The maximum atomic E-state index is 12.6. The van der Waals surface area contributed by atoms with Crippen molar-refractivity contribution in [1.82, 2.24) is 4.57 Å². The second kappa shape index (κ2) is 8.37. The monoisotopic (exact) mass is 351 g/mol. The zero-order chi connectivity index (χ0) is 18.7. The van der Waals surface area contributed by atoms with Crippen LogP contribution in [0, 0.1) is 11.8 Å². The zero-order valence-corrected chi connectivity index (χ0v) is 18.1. The molecule has 0 spiro atoms. The average molecular weight is 352 g/mol. The summed E-state index contributed by atoms with van der Waals surface area (Å²) in [5.74, 6) is 0.357. The molecule has 0 saturated heterocycles. The van der Waals surface area contributed by atoms with E-state index in [0.717, 1.165) is 5.57 Å². The number of hydrogen-bond acceptors (Lipinski definition) is 3. The molecule has 0 radical (unpaired) electrons. The van der Waals surface area contributed by atoms with Crippen LogP contribution in [0.1, 0.15) is 62.3 Å². The largest absolute Gasteiger partial charge is 0.463 e. The van der Waals surface area contributed by atoms with E-state index >= 15 is 0 Å². The number of esters is 1. The minimum Gasteiger partial charge on any atom is -0.463 e. The van der Waals surface area contributed by atoms with Crippen molar-refractivity contribution >= 4 is 14.2 Å². The first kappa shape index (κ1) is 21.0. The van der Waals surface area contributed by atoms with Crippen LogP contribution in [0.3, 0.4) is 0 Å². The normalized spacial score (nSPS) is 18.8. The molecular formula is C20H37NO2Si. The molecule has 3 nitrogen and oxygen atoms in total. The fourth-order valence-corrected chi connectivity index (χ4v) is 11.2. The molecule has 0 N–H and O–H groups in total. The van der Waals surface area contributed by atoms with E-state index in [1.807, 2.05) is 6.92 Å². The highest BCUT2D eigenvalue weighted by molar-refractivity contribution is 6.81. The molecule has 24 heavy (non-hydrogen) atoms. The van der Waals surface area contributed by atoms with Gasteiger partial charge in [0, 0.05) is 12.1 Å². The van der Waals surface area contributed by atoms with Gasteiger partial charge >= 0.3 is 5.97 Å². The number of hydrogen-bond donors (Lipinski definition) is 0. The minimum atomic E-state index is -1.84. The molecule has 1 aliphatic heterocycles. The number of allylic oxidation sites excluding steroid dienone is 1. The second-order valence-electron chi connectivity index (χ2n) is 8.17. The molecule has 1 rings (SSSR count). The molecule has 0 aromatic rings. The third-order valence-electron chi connectivity index (χ3n) is 5.54. The summed E-state index contributed by atoms with van der Waals surface area (Å²) in [5.41, 5.74) is 2.60. The van der Waals surface area contributed by atoms with Gasteiger partial charge in [0.1, 0.15) is 0 Å². The Morgan fingerprint density at radius 2 is 1.58 bits per heavy atom. The Kier molecular flexibility index (Phi) is 7.33. The van der Waals surface area contributed by atoms with E-state index in [9.17, 15) is 4.79 Å². The van der Waals surface area contributed by atoms with Gasteiger partial charge in [-0.05, 0) is 35.7 Å². The average Bonchev–Trinajstić information content (AvgIpc) is 2.46. The fraction of sp³-hybridized carbons (Fsp3) is 0.750. The number of carbonyl (C=O) groups is 1. The fourth-order valence-electron chi connectivity index (χ4n) is 4.69. The molecule has 4 heteroatoms. The van der Waals surface area contributed by atoms with Gasteiger partial charge < -0.3 is 9.30 Å². The standard InChI is InChI=1S/C20H37NO2Si/c1-10-23-20(22)19-13-21(12-11-18(19)14(2)3)24(15(4)5,16(6)7)17(8)9/h11-18H,10H2,1-9H3. The van der Waals surface area contributed by atoms with Crippen molar-refractivity contribution in [2.24, 2.45) is 11.8 Å². The van der Waals surface area contributed by atoms with E-state index in [-0.39, 0.29) is 11.9 Å². The summed E-state index contributed by atoms with van der Waals surface area (Å²) in [6.07, 6.45) is 6.58. The van der Waals surface area contributed by atoms with Crippen LogP contribution < -0.4 is 0 Å². The van der Waals surface area contributed by atoms with Crippen LogP contribution >= 0.6 is 0 Å². The molecule has 138 valence electrons. The first-order chi connectivity index (χ1) is 11.1. The summed E-state index contributed by atoms with van der Waals surface area (Å²) in [4.78, 5) is 12.6. The van der Waals surface area contributed by atoms with Crippen molar-refractivity contribution < 1.29 is 9.53 Å². The Labute approximate surface area is 150 Å². The summed E-state index contributed by atoms with van der Waals surface area (Å²) < 4.78 is 7.78. The summed E-state index contributed by atoms with van der Waals surface area (Å²) in [7, 11) is -1.84. The number of ether oxygens (including phenoxy) is 1. The summed E-state index contributed by atoms with van der Waals surface area (Å²) >= 11 is 0. The highest BCUT2D eigenvalue weighted by atomic mass is 28.3. The lowest BCUT2D eigenvalue weighted by molar-refractivity contribution is -0.139. The van der Waals surface area contributed by atoms with Crippen molar-refractivity contribution in [2.45, 2.75) is 78.9 Å². The van der Waals surface area contributed by atoms with Crippen LogP contribution in [0.2, 0.25) is 16.6 Å². The van der Waals surface area contributed by atoms with Crippen LogP contribution in [0.25, 0.3) is 0 Å². The lowest BCUT2D eigenvalue weighted by atomic mass is 9.87. The van der Waals surface area contributed by atoms with E-state index < -0.39 is 8.24 Å². The van der Waals surface area contributed by atoms with Gasteiger partial charge in [0.15, 0.2) is 8.24 Å². The van der Waals surface area contributed by atoms with Crippen molar-refractivity contribution in [2.75, 3.05) is 6.61 Å². The Balaban J connectivity index is 3.41. The third-order valence-corrected chi connectivity index (χ3v) is 12.3.